The van der Waals surface area contributed by atoms with Gasteiger partial charge in [-0.25, -0.2) is 19.3 Å². The highest BCUT2D eigenvalue weighted by Crippen LogP contribution is 2.52. The van der Waals surface area contributed by atoms with E-state index in [1.807, 2.05) is 47.6 Å². The van der Waals surface area contributed by atoms with Crippen molar-refractivity contribution in [3.8, 4) is 17.3 Å². The van der Waals surface area contributed by atoms with Crippen LogP contribution in [0.1, 0.15) is 80.1 Å². The number of halogens is 1. The molecule has 4 N–H and O–H groups in total. The molecule has 3 heterocycles. The first-order valence-corrected chi connectivity index (χ1v) is 21.0. The molecule has 0 spiro atoms. The fraction of sp³-hybridized carbons (Fsp3) is 0.619. The number of rotatable bonds is 16. The molecule has 8 atom stereocenters. The molecular formula is C42H56ClN7O9. The van der Waals surface area contributed by atoms with Crippen molar-refractivity contribution in [2.45, 2.75) is 116 Å². The number of nitrogens with zero attached hydrogens (tertiary/aromatic N) is 4. The molecule has 7 rings (SSSR count). The van der Waals surface area contributed by atoms with Crippen LogP contribution in [0.3, 0.4) is 0 Å². The minimum Gasteiger partial charge on any atom is -0.490 e. The third-order valence-corrected chi connectivity index (χ3v) is 12.3. The van der Waals surface area contributed by atoms with Gasteiger partial charge in [-0.15, -0.1) is 5.10 Å². The lowest BCUT2D eigenvalue weighted by Crippen LogP contribution is -2.59. The summed E-state index contributed by atoms with van der Waals surface area (Å²) in [5, 5.41) is 24.5. The van der Waals surface area contributed by atoms with Gasteiger partial charge >= 0.3 is 12.1 Å². The molecule has 320 valence electrons. The second-order valence-corrected chi connectivity index (χ2v) is 18.2. The number of aliphatic carboxylic acids is 1. The molecule has 3 aromatic rings. The van der Waals surface area contributed by atoms with Crippen molar-refractivity contribution in [2.24, 2.45) is 23.2 Å². The predicted octanol–water partition coefficient (Wildman–Crippen LogP) is 5.58. The number of alkyl carbamates (subject to hydrolysis) is 1. The highest BCUT2D eigenvalue weighted by Gasteiger charge is 2.61. The van der Waals surface area contributed by atoms with Crippen molar-refractivity contribution in [3.63, 3.8) is 0 Å². The lowest BCUT2D eigenvalue weighted by Gasteiger charge is -2.35. The first kappa shape index (κ1) is 42.3. The number of ether oxygens (including phenoxy) is 4. The monoisotopic (exact) mass is 837 g/mol. The van der Waals surface area contributed by atoms with Gasteiger partial charge in [0.25, 0.3) is 0 Å². The maximum Gasteiger partial charge on any atom is 0.408 e. The fourth-order valence-corrected chi connectivity index (χ4v) is 8.87. The average molecular weight is 838 g/mol. The average Bonchev–Trinajstić information content (AvgIpc) is 3.84. The van der Waals surface area contributed by atoms with E-state index in [2.05, 4.69) is 21.0 Å². The molecule has 1 aromatic carbocycles. The Bertz CT molecular complexity index is 2080. The number of hydrogen-bond acceptors (Lipinski definition) is 11. The summed E-state index contributed by atoms with van der Waals surface area (Å²) >= 11 is 6.95. The van der Waals surface area contributed by atoms with Crippen molar-refractivity contribution in [1.82, 2.24) is 30.3 Å². The van der Waals surface area contributed by atoms with Crippen molar-refractivity contribution in [1.29, 1.82) is 0 Å². The first-order valence-electron chi connectivity index (χ1n) is 20.6. The normalized spacial score (nSPS) is 26.3. The van der Waals surface area contributed by atoms with Crippen molar-refractivity contribution in [2.75, 3.05) is 32.2 Å². The van der Waals surface area contributed by atoms with Crippen LogP contribution in [0.2, 0.25) is 5.02 Å². The molecule has 3 aliphatic carbocycles. The number of pyridine rings is 1. The van der Waals surface area contributed by atoms with Crippen molar-refractivity contribution < 1.29 is 43.2 Å². The van der Waals surface area contributed by atoms with Crippen LogP contribution in [0, 0.1) is 23.2 Å². The molecule has 1 aliphatic heterocycles. The third kappa shape index (κ3) is 9.03. The molecule has 0 radical (unpaired) electrons. The molecule has 16 nitrogen and oxygen atoms in total. The summed E-state index contributed by atoms with van der Waals surface area (Å²) < 4.78 is 25.1. The SMILES string of the molecule is CC[C@@H]1C[C@]1(NC(=O)[C@@H]1C[C@@H](Oc2cc(-n3ccc(NC(C)C)n3)nc3c(Cl)c(OCCOC)ccc23)CN1C(=O)[C@@H](NC(=O)OC1C[C@@H]2C[C@@H]2C1)C(C)(C)C)C(=O)O. The highest BCUT2D eigenvalue weighted by atomic mass is 35.5. The van der Waals surface area contributed by atoms with Crippen LogP contribution in [0.25, 0.3) is 16.7 Å². The Kier molecular flexibility index (Phi) is 12.0. The van der Waals surface area contributed by atoms with Gasteiger partial charge in [0.1, 0.15) is 58.8 Å². The molecule has 4 fully saturated rings. The number of carbonyl (C=O) groups excluding carboxylic acids is 3. The van der Waals surface area contributed by atoms with Gasteiger partial charge in [-0.1, -0.05) is 45.7 Å². The van der Waals surface area contributed by atoms with Gasteiger partial charge in [0, 0.05) is 43.3 Å². The number of hydrogen-bond donors (Lipinski definition) is 4. The summed E-state index contributed by atoms with van der Waals surface area (Å²) in [6.45, 7) is 11.9. The van der Waals surface area contributed by atoms with Crippen LogP contribution >= 0.6 is 11.6 Å². The largest absolute Gasteiger partial charge is 0.490 e. The van der Waals surface area contributed by atoms with Gasteiger partial charge in [0.15, 0.2) is 5.82 Å². The Morgan fingerprint density at radius 1 is 1.03 bits per heavy atom. The molecule has 0 bridgehead atoms. The van der Waals surface area contributed by atoms with Crippen LogP contribution in [-0.2, 0) is 23.9 Å². The van der Waals surface area contributed by atoms with Crippen LogP contribution in [0.5, 0.6) is 11.5 Å². The van der Waals surface area contributed by atoms with E-state index < -0.39 is 53.0 Å². The number of fused-ring (bicyclic) bond motifs is 2. The van der Waals surface area contributed by atoms with Crippen LogP contribution < -0.4 is 25.4 Å². The Morgan fingerprint density at radius 3 is 2.42 bits per heavy atom. The zero-order valence-electron chi connectivity index (χ0n) is 34.7. The lowest BCUT2D eigenvalue weighted by molar-refractivity contribution is -0.146. The summed E-state index contributed by atoms with van der Waals surface area (Å²) in [4.78, 5) is 61.0. The molecule has 59 heavy (non-hydrogen) atoms. The molecular weight excluding hydrogens is 782 g/mol. The van der Waals surface area contributed by atoms with E-state index >= 15 is 0 Å². The molecule has 3 saturated carbocycles. The second-order valence-electron chi connectivity index (χ2n) is 17.8. The predicted molar refractivity (Wildman–Crippen MR) is 219 cm³/mol. The quantitative estimate of drug-likeness (QED) is 0.131. The Hall–Kier alpha value is -4.83. The fourth-order valence-electron chi connectivity index (χ4n) is 8.60. The van der Waals surface area contributed by atoms with E-state index in [0.717, 1.165) is 12.8 Å². The van der Waals surface area contributed by atoms with E-state index in [9.17, 15) is 24.3 Å². The first-order chi connectivity index (χ1) is 28.0. The molecule has 1 unspecified atom stereocenters. The number of amides is 3. The summed E-state index contributed by atoms with van der Waals surface area (Å²) in [7, 11) is 1.58. The number of carbonyl (C=O) groups is 4. The Balaban J connectivity index is 1.21. The number of carboxylic acids is 1. The molecule has 1 saturated heterocycles. The van der Waals surface area contributed by atoms with E-state index in [-0.39, 0.29) is 49.1 Å². The van der Waals surface area contributed by atoms with Gasteiger partial charge in [-0.2, -0.15) is 0 Å². The molecule has 2 aromatic heterocycles. The topological polar surface area (TPSA) is 195 Å². The minimum atomic E-state index is -1.42. The standard InChI is InChI=1S/C42H56ClN7O9/c1-8-25-20-42(25,39(53)54)47-37(51)29-18-27(21-49(29)38(52)36(41(4,5)6)46-40(55)59-26-16-23-15-24(23)17-26)58-31-19-33(50-12-11-32(48-50)44-22(2)3)45-35-28(31)9-10-30(34(35)43)57-14-13-56-7/h9-12,19,22-27,29,36H,8,13-18,20-21H2,1-7H3,(H,44,48)(H,46,55)(H,47,51)(H,53,54)/t23-,24+,25-,26?,27-,29+,36-,42-/m1/s1. The van der Waals surface area contributed by atoms with E-state index in [1.54, 1.807) is 36.2 Å². The van der Waals surface area contributed by atoms with Crippen LogP contribution in [0.15, 0.2) is 30.5 Å². The molecule has 17 heteroatoms. The van der Waals surface area contributed by atoms with Crippen molar-refractivity contribution >= 4 is 52.2 Å². The third-order valence-electron chi connectivity index (χ3n) is 12.0. The molecule has 4 aliphatic rings. The number of nitrogens with one attached hydrogen (secondary N) is 3. The number of benzene rings is 1. The van der Waals surface area contributed by atoms with Crippen LogP contribution in [0.4, 0.5) is 10.6 Å². The summed E-state index contributed by atoms with van der Waals surface area (Å²) in [5.41, 5.74) is -1.83. The van der Waals surface area contributed by atoms with Gasteiger partial charge < -0.3 is 44.9 Å². The highest BCUT2D eigenvalue weighted by molar-refractivity contribution is 6.36. The zero-order chi connectivity index (χ0) is 42.4. The number of aromatic nitrogens is 3. The maximum atomic E-state index is 14.7. The van der Waals surface area contributed by atoms with Gasteiger partial charge in [0.2, 0.25) is 11.8 Å². The maximum absolute atomic E-state index is 14.7. The zero-order valence-corrected chi connectivity index (χ0v) is 35.5. The summed E-state index contributed by atoms with van der Waals surface area (Å²) in [6, 6.07) is 4.98. The van der Waals surface area contributed by atoms with E-state index in [4.69, 9.17) is 35.5 Å². The number of likely N-dealkylation sites (tertiary alicyclic amines) is 1. The Labute approximate surface area is 349 Å². The molecule has 3 amide bonds. The summed E-state index contributed by atoms with van der Waals surface area (Å²) in [6.07, 6.45) is 3.82. The second kappa shape index (κ2) is 16.7. The Morgan fingerprint density at radius 2 is 1.78 bits per heavy atom. The number of anilines is 1. The van der Waals surface area contributed by atoms with E-state index in [0.29, 0.717) is 58.9 Å². The minimum absolute atomic E-state index is 0.0333. The van der Waals surface area contributed by atoms with Gasteiger partial charge in [-0.05, 0) is 74.8 Å². The van der Waals surface area contributed by atoms with Gasteiger partial charge in [-0.3, -0.25) is 9.59 Å². The number of carboxylic acid groups (broad SMARTS) is 1. The number of methoxy groups -OCH3 is 1. The van der Waals surface area contributed by atoms with Crippen LogP contribution in [-0.4, -0.2) is 111 Å². The summed E-state index contributed by atoms with van der Waals surface area (Å²) in [5.74, 6) is 0.503. The lowest BCUT2D eigenvalue weighted by atomic mass is 9.85. The van der Waals surface area contributed by atoms with E-state index in [1.165, 1.54) is 11.3 Å². The van der Waals surface area contributed by atoms with Gasteiger partial charge in [0.05, 0.1) is 18.7 Å². The smallest absolute Gasteiger partial charge is 0.408 e. The van der Waals surface area contributed by atoms with Crippen molar-refractivity contribution in [3.05, 3.63) is 35.5 Å².